The van der Waals surface area contributed by atoms with Gasteiger partial charge in [0, 0.05) is 21.6 Å². The molecule has 2 rings (SSSR count). The van der Waals surface area contributed by atoms with Crippen LogP contribution in [0.2, 0.25) is 0 Å². The lowest BCUT2D eigenvalue weighted by Gasteiger charge is -2.35. The molecule has 0 saturated carbocycles. The molecule has 0 bridgehead atoms. The van der Waals surface area contributed by atoms with E-state index in [1.54, 1.807) is 11.3 Å². The molecule has 1 aromatic heterocycles. The zero-order valence-corrected chi connectivity index (χ0v) is 12.2. The van der Waals surface area contributed by atoms with Crippen LogP contribution in [0.1, 0.15) is 42.9 Å². The standard InChI is InChI=1S/C15H23NOS/c1-3-12-5-6-13(18-12)11-14(17)15(4-2)7-9-16-10-8-15/h5-6,16H,3-4,7-11H2,1-2H3. The molecule has 0 amide bonds. The van der Waals surface area contributed by atoms with E-state index in [-0.39, 0.29) is 5.41 Å². The fourth-order valence-electron chi connectivity index (χ4n) is 2.79. The van der Waals surface area contributed by atoms with Gasteiger partial charge in [0.15, 0.2) is 0 Å². The number of rotatable bonds is 5. The minimum absolute atomic E-state index is 0.0540. The van der Waals surface area contributed by atoms with Crippen molar-refractivity contribution in [3.05, 3.63) is 21.9 Å². The van der Waals surface area contributed by atoms with Crippen LogP contribution in [0.4, 0.5) is 0 Å². The lowest BCUT2D eigenvalue weighted by atomic mass is 9.72. The zero-order chi connectivity index (χ0) is 13.0. The Balaban J connectivity index is 2.05. The fourth-order valence-corrected chi connectivity index (χ4v) is 3.74. The summed E-state index contributed by atoms with van der Waals surface area (Å²) < 4.78 is 0. The molecule has 100 valence electrons. The van der Waals surface area contributed by atoms with Crippen molar-refractivity contribution in [3.63, 3.8) is 0 Å². The molecule has 0 unspecified atom stereocenters. The van der Waals surface area contributed by atoms with Crippen LogP contribution in [-0.4, -0.2) is 18.9 Å². The van der Waals surface area contributed by atoms with Crippen LogP contribution < -0.4 is 5.32 Å². The van der Waals surface area contributed by atoms with Crippen LogP contribution in [0, 0.1) is 5.41 Å². The lowest BCUT2D eigenvalue weighted by molar-refractivity contribution is -0.129. The highest BCUT2D eigenvalue weighted by molar-refractivity contribution is 7.12. The summed E-state index contributed by atoms with van der Waals surface area (Å²) in [6.07, 6.45) is 4.71. The summed E-state index contributed by atoms with van der Waals surface area (Å²) in [6, 6.07) is 4.29. The summed E-state index contributed by atoms with van der Waals surface area (Å²) in [5.74, 6) is 0.455. The fraction of sp³-hybridized carbons (Fsp3) is 0.667. The van der Waals surface area contributed by atoms with Gasteiger partial charge in [-0.15, -0.1) is 11.3 Å². The Morgan fingerprint density at radius 1 is 1.28 bits per heavy atom. The van der Waals surface area contributed by atoms with E-state index in [1.807, 2.05) is 0 Å². The molecule has 0 radical (unpaired) electrons. The van der Waals surface area contributed by atoms with Crippen LogP contribution in [0.3, 0.4) is 0 Å². The topological polar surface area (TPSA) is 29.1 Å². The molecule has 1 N–H and O–H groups in total. The molecule has 0 atom stereocenters. The quantitative estimate of drug-likeness (QED) is 0.886. The van der Waals surface area contributed by atoms with E-state index in [2.05, 4.69) is 31.3 Å². The van der Waals surface area contributed by atoms with Crippen molar-refractivity contribution in [2.24, 2.45) is 5.41 Å². The van der Waals surface area contributed by atoms with Crippen molar-refractivity contribution >= 4 is 17.1 Å². The Hall–Kier alpha value is -0.670. The molecular formula is C15H23NOS. The third kappa shape index (κ3) is 2.83. The second-order valence-corrected chi connectivity index (χ2v) is 6.46. The Morgan fingerprint density at radius 3 is 2.50 bits per heavy atom. The van der Waals surface area contributed by atoms with Gasteiger partial charge < -0.3 is 5.32 Å². The third-order valence-corrected chi connectivity index (χ3v) is 5.46. The average Bonchev–Trinajstić information content (AvgIpc) is 2.87. The van der Waals surface area contributed by atoms with Crippen LogP contribution in [0.15, 0.2) is 12.1 Å². The van der Waals surface area contributed by atoms with Crippen LogP contribution in [-0.2, 0) is 17.6 Å². The van der Waals surface area contributed by atoms with Gasteiger partial charge in [-0.1, -0.05) is 13.8 Å². The number of hydrogen-bond donors (Lipinski definition) is 1. The van der Waals surface area contributed by atoms with Gasteiger partial charge in [0.2, 0.25) is 0 Å². The molecule has 1 aliphatic heterocycles. The molecule has 3 heteroatoms. The normalized spacial score (nSPS) is 18.8. The van der Waals surface area contributed by atoms with Crippen LogP contribution >= 0.6 is 11.3 Å². The molecule has 1 aromatic rings. The third-order valence-electron chi connectivity index (χ3n) is 4.23. The number of carbonyl (C=O) groups excluding carboxylic acids is 1. The molecule has 0 aromatic carbocycles. The summed E-state index contributed by atoms with van der Waals surface area (Å²) in [6.45, 7) is 6.31. The predicted octanol–water partition coefficient (Wildman–Crippen LogP) is 3.20. The van der Waals surface area contributed by atoms with Crippen molar-refractivity contribution in [3.8, 4) is 0 Å². The van der Waals surface area contributed by atoms with Gasteiger partial charge in [-0.3, -0.25) is 4.79 Å². The minimum Gasteiger partial charge on any atom is -0.317 e. The number of piperidine rings is 1. The monoisotopic (exact) mass is 265 g/mol. The molecule has 2 heterocycles. The van der Waals surface area contributed by atoms with Crippen molar-refractivity contribution in [2.75, 3.05) is 13.1 Å². The maximum Gasteiger partial charge on any atom is 0.144 e. The summed E-state index contributed by atoms with van der Waals surface area (Å²) in [4.78, 5) is 15.2. The minimum atomic E-state index is -0.0540. The highest BCUT2D eigenvalue weighted by Crippen LogP contribution is 2.35. The number of thiophene rings is 1. The first-order valence-electron chi connectivity index (χ1n) is 7.02. The van der Waals surface area contributed by atoms with Gasteiger partial charge in [-0.05, 0) is 50.9 Å². The van der Waals surface area contributed by atoms with Crippen LogP contribution in [0.25, 0.3) is 0 Å². The molecular weight excluding hydrogens is 242 g/mol. The van der Waals surface area contributed by atoms with E-state index in [9.17, 15) is 4.79 Å². The van der Waals surface area contributed by atoms with Gasteiger partial charge >= 0.3 is 0 Å². The molecule has 1 fully saturated rings. The number of carbonyl (C=O) groups is 1. The smallest absolute Gasteiger partial charge is 0.144 e. The second kappa shape index (κ2) is 5.98. The Kier molecular flexibility index (Phi) is 4.57. The van der Waals surface area contributed by atoms with E-state index >= 15 is 0 Å². The Bertz CT molecular complexity index is 404. The number of aryl methyl sites for hydroxylation is 1. The maximum absolute atomic E-state index is 12.6. The van der Waals surface area contributed by atoms with Crippen molar-refractivity contribution in [1.82, 2.24) is 5.32 Å². The Labute approximate surface area is 114 Å². The lowest BCUT2D eigenvalue weighted by Crippen LogP contribution is -2.42. The van der Waals surface area contributed by atoms with Crippen molar-refractivity contribution in [1.29, 1.82) is 0 Å². The zero-order valence-electron chi connectivity index (χ0n) is 11.4. The Morgan fingerprint density at radius 2 is 1.94 bits per heavy atom. The number of ketones is 1. The van der Waals surface area contributed by atoms with E-state index in [1.165, 1.54) is 9.75 Å². The van der Waals surface area contributed by atoms with Crippen molar-refractivity contribution in [2.45, 2.75) is 46.0 Å². The first-order valence-corrected chi connectivity index (χ1v) is 7.83. The summed E-state index contributed by atoms with van der Waals surface area (Å²) in [7, 11) is 0. The molecule has 1 saturated heterocycles. The van der Waals surface area contributed by atoms with E-state index < -0.39 is 0 Å². The van der Waals surface area contributed by atoms with E-state index in [0.29, 0.717) is 12.2 Å². The SMILES string of the molecule is CCc1ccc(CC(=O)C2(CC)CCNCC2)s1. The molecule has 0 spiro atoms. The maximum atomic E-state index is 12.6. The summed E-state index contributed by atoms with van der Waals surface area (Å²) >= 11 is 1.80. The largest absolute Gasteiger partial charge is 0.317 e. The van der Waals surface area contributed by atoms with E-state index in [0.717, 1.165) is 38.8 Å². The van der Waals surface area contributed by atoms with Gasteiger partial charge in [-0.25, -0.2) is 0 Å². The molecule has 2 nitrogen and oxygen atoms in total. The molecule has 0 aliphatic carbocycles. The number of Topliss-reactive ketones (excluding diaryl/α,β-unsaturated/α-hetero) is 1. The molecule has 18 heavy (non-hydrogen) atoms. The van der Waals surface area contributed by atoms with Crippen LogP contribution in [0.5, 0.6) is 0 Å². The van der Waals surface area contributed by atoms with Crippen molar-refractivity contribution < 1.29 is 4.79 Å². The van der Waals surface area contributed by atoms with Gasteiger partial charge in [0.1, 0.15) is 5.78 Å². The average molecular weight is 265 g/mol. The van der Waals surface area contributed by atoms with Gasteiger partial charge in [0.25, 0.3) is 0 Å². The summed E-state index contributed by atoms with van der Waals surface area (Å²) in [5, 5.41) is 3.36. The first-order chi connectivity index (χ1) is 8.70. The predicted molar refractivity (Wildman–Crippen MR) is 77.2 cm³/mol. The van der Waals surface area contributed by atoms with E-state index in [4.69, 9.17) is 0 Å². The highest BCUT2D eigenvalue weighted by atomic mass is 32.1. The number of nitrogens with one attached hydrogen (secondary N) is 1. The number of hydrogen-bond acceptors (Lipinski definition) is 3. The van der Waals surface area contributed by atoms with Gasteiger partial charge in [0.05, 0.1) is 0 Å². The summed E-state index contributed by atoms with van der Waals surface area (Å²) in [5.41, 5.74) is -0.0540. The molecule has 1 aliphatic rings. The highest BCUT2D eigenvalue weighted by Gasteiger charge is 2.37. The second-order valence-electron chi connectivity index (χ2n) is 5.21. The first kappa shape index (κ1) is 13.8. The van der Waals surface area contributed by atoms with Gasteiger partial charge in [-0.2, -0.15) is 0 Å².